The van der Waals surface area contributed by atoms with Crippen molar-refractivity contribution in [2.75, 3.05) is 35.6 Å². The summed E-state index contributed by atoms with van der Waals surface area (Å²) in [4.78, 5) is 20.4. The van der Waals surface area contributed by atoms with Crippen LogP contribution in [0.5, 0.6) is 0 Å². The molecule has 1 fully saturated rings. The smallest absolute Gasteiger partial charge is 0.243 e. The van der Waals surface area contributed by atoms with Gasteiger partial charge in [-0.1, -0.05) is 36.2 Å². The minimum atomic E-state index is -3.65. The third-order valence-corrected chi connectivity index (χ3v) is 7.56. The number of halogens is 1. The Morgan fingerprint density at radius 2 is 1.73 bits per heavy atom. The molecule has 0 radical (unpaired) electrons. The zero-order chi connectivity index (χ0) is 21.7. The molecule has 0 atom stereocenters. The number of rotatable bonds is 6. The van der Waals surface area contributed by atoms with Gasteiger partial charge in [-0.25, -0.2) is 18.4 Å². The lowest BCUT2D eigenvalue weighted by molar-refractivity contribution is -0.113. The van der Waals surface area contributed by atoms with Crippen LogP contribution < -0.4 is 16.8 Å². The molecule has 2 heterocycles. The summed E-state index contributed by atoms with van der Waals surface area (Å²) in [5.41, 5.74) is 11.5. The van der Waals surface area contributed by atoms with Gasteiger partial charge < -0.3 is 16.8 Å². The highest BCUT2D eigenvalue weighted by Gasteiger charge is 2.26. The number of nitrogens with zero attached hydrogens (tertiary/aromatic N) is 3. The maximum absolute atomic E-state index is 13.0. The van der Waals surface area contributed by atoms with Crippen molar-refractivity contribution in [1.82, 2.24) is 14.3 Å². The average molecular weight is 471 g/mol. The summed E-state index contributed by atoms with van der Waals surface area (Å²) in [5.74, 6) is -0.00180. The van der Waals surface area contributed by atoms with Crippen molar-refractivity contribution in [3.63, 3.8) is 0 Å². The highest BCUT2D eigenvalue weighted by atomic mass is 35.5. The number of nitrogens with one attached hydrogen (secondary N) is 1. The number of carbonyl (C=O) groups is 1. The average Bonchev–Trinajstić information content (AvgIpc) is 2.97. The van der Waals surface area contributed by atoms with Gasteiger partial charge in [0.2, 0.25) is 15.9 Å². The fraction of sp³-hybridized carbons (Fsp3) is 0.389. The van der Waals surface area contributed by atoms with Gasteiger partial charge in [-0.3, -0.25) is 4.79 Å². The lowest BCUT2D eigenvalue weighted by atomic mass is 10.2. The molecular formula is C18H23ClN6O3S2. The van der Waals surface area contributed by atoms with Gasteiger partial charge in [0.15, 0.2) is 5.16 Å². The first-order valence-corrected chi connectivity index (χ1v) is 12.2. The number of nitrogen functional groups attached to an aromatic ring is 2. The second-order valence-electron chi connectivity index (χ2n) is 6.80. The fourth-order valence-electron chi connectivity index (χ4n) is 3.03. The van der Waals surface area contributed by atoms with Crippen LogP contribution in [0.2, 0.25) is 5.02 Å². The summed E-state index contributed by atoms with van der Waals surface area (Å²) in [7, 11) is -3.65. The number of sulfonamides is 1. The van der Waals surface area contributed by atoms with Crippen LogP contribution in [-0.2, 0) is 14.8 Å². The summed E-state index contributed by atoms with van der Waals surface area (Å²) >= 11 is 7.23. The predicted molar refractivity (Wildman–Crippen MR) is 119 cm³/mol. The molecule has 1 aromatic carbocycles. The van der Waals surface area contributed by atoms with Gasteiger partial charge in [-0.2, -0.15) is 4.31 Å². The van der Waals surface area contributed by atoms with E-state index in [4.69, 9.17) is 23.1 Å². The maximum Gasteiger partial charge on any atom is 0.243 e. The van der Waals surface area contributed by atoms with Gasteiger partial charge in [0.1, 0.15) is 11.6 Å². The molecule has 9 nitrogen and oxygen atoms in total. The van der Waals surface area contributed by atoms with Crippen molar-refractivity contribution in [2.24, 2.45) is 0 Å². The molecule has 3 rings (SSSR count). The molecule has 1 aliphatic rings. The molecule has 5 N–H and O–H groups in total. The Kier molecular flexibility index (Phi) is 7.40. The largest absolute Gasteiger partial charge is 0.383 e. The molecule has 0 bridgehead atoms. The Morgan fingerprint density at radius 3 is 2.37 bits per heavy atom. The van der Waals surface area contributed by atoms with Gasteiger partial charge in [-0.05, 0) is 31.0 Å². The molecule has 0 unspecified atom stereocenters. The SMILES string of the molecule is Nc1cc(N)nc(SCC(=O)Nc2cc(S(=O)(=O)N3CCCCCC3)ccc2Cl)n1. The third-order valence-electron chi connectivity index (χ3n) is 4.49. The molecule has 0 saturated carbocycles. The van der Waals surface area contributed by atoms with Crippen molar-refractivity contribution in [2.45, 2.75) is 35.7 Å². The van der Waals surface area contributed by atoms with Crippen molar-refractivity contribution < 1.29 is 13.2 Å². The molecule has 1 aromatic heterocycles. The Morgan fingerprint density at radius 1 is 1.10 bits per heavy atom. The molecule has 2 aromatic rings. The van der Waals surface area contributed by atoms with Gasteiger partial charge in [0.05, 0.1) is 21.4 Å². The first-order chi connectivity index (χ1) is 14.3. The van der Waals surface area contributed by atoms with Crippen LogP contribution in [-0.4, -0.2) is 47.4 Å². The number of hydrogen-bond acceptors (Lipinski definition) is 8. The van der Waals surface area contributed by atoms with Crippen LogP contribution in [0.1, 0.15) is 25.7 Å². The Hall–Kier alpha value is -2.08. The molecule has 162 valence electrons. The van der Waals surface area contributed by atoms with Crippen LogP contribution in [0, 0.1) is 0 Å². The molecule has 30 heavy (non-hydrogen) atoms. The summed E-state index contributed by atoms with van der Waals surface area (Å²) in [5, 5.41) is 3.16. The highest BCUT2D eigenvalue weighted by molar-refractivity contribution is 7.99. The Balaban J connectivity index is 1.70. The summed E-state index contributed by atoms with van der Waals surface area (Å²) in [6, 6.07) is 5.73. The van der Waals surface area contributed by atoms with Crippen molar-refractivity contribution in [1.29, 1.82) is 0 Å². The normalized spacial score (nSPS) is 15.5. The highest BCUT2D eigenvalue weighted by Crippen LogP contribution is 2.28. The lowest BCUT2D eigenvalue weighted by Gasteiger charge is -2.20. The minimum absolute atomic E-state index is 0.0255. The van der Waals surface area contributed by atoms with E-state index in [2.05, 4.69) is 15.3 Å². The lowest BCUT2D eigenvalue weighted by Crippen LogP contribution is -2.32. The van der Waals surface area contributed by atoms with Gasteiger partial charge >= 0.3 is 0 Å². The third kappa shape index (κ3) is 5.75. The molecule has 1 saturated heterocycles. The van der Waals surface area contributed by atoms with E-state index in [1.165, 1.54) is 28.6 Å². The topological polar surface area (TPSA) is 144 Å². The second kappa shape index (κ2) is 9.82. The summed E-state index contributed by atoms with van der Waals surface area (Å²) in [6.07, 6.45) is 3.72. The molecule has 0 aliphatic carbocycles. The van der Waals surface area contributed by atoms with Gasteiger partial charge in [0.25, 0.3) is 0 Å². The number of thioether (sulfide) groups is 1. The number of benzene rings is 1. The van der Waals surface area contributed by atoms with Crippen molar-refractivity contribution in [3.05, 3.63) is 29.3 Å². The second-order valence-corrected chi connectivity index (χ2v) is 10.1. The zero-order valence-electron chi connectivity index (χ0n) is 16.2. The molecule has 1 aliphatic heterocycles. The molecule has 1 amide bonds. The van der Waals surface area contributed by atoms with Gasteiger partial charge in [0, 0.05) is 19.2 Å². The minimum Gasteiger partial charge on any atom is -0.383 e. The van der Waals surface area contributed by atoms with E-state index in [1.54, 1.807) is 0 Å². The summed E-state index contributed by atoms with van der Waals surface area (Å²) < 4.78 is 27.5. The quantitative estimate of drug-likeness (QED) is 0.431. The number of nitrogens with two attached hydrogens (primary N) is 2. The monoisotopic (exact) mass is 470 g/mol. The van der Waals surface area contributed by atoms with E-state index in [0.717, 1.165) is 37.4 Å². The summed E-state index contributed by atoms with van der Waals surface area (Å²) in [6.45, 7) is 0.985. The van der Waals surface area contributed by atoms with Crippen LogP contribution in [0.4, 0.5) is 17.3 Å². The predicted octanol–water partition coefficient (Wildman–Crippen LogP) is 2.59. The molecular weight excluding hydrogens is 448 g/mol. The van der Waals surface area contributed by atoms with Crippen molar-refractivity contribution >= 4 is 56.6 Å². The molecule has 12 heteroatoms. The number of hydrogen-bond donors (Lipinski definition) is 3. The van der Waals surface area contributed by atoms with Gasteiger partial charge in [-0.15, -0.1) is 0 Å². The molecule has 0 spiro atoms. The van der Waals surface area contributed by atoms with Crippen LogP contribution in [0.15, 0.2) is 34.3 Å². The Bertz CT molecular complexity index is 1010. The van der Waals surface area contributed by atoms with Crippen molar-refractivity contribution in [3.8, 4) is 0 Å². The van der Waals surface area contributed by atoms with E-state index in [1.807, 2.05) is 0 Å². The number of carbonyl (C=O) groups excluding carboxylic acids is 1. The van der Waals surface area contributed by atoms with E-state index in [0.29, 0.717) is 13.1 Å². The van der Waals surface area contributed by atoms with Crippen LogP contribution >= 0.6 is 23.4 Å². The number of aromatic nitrogens is 2. The standard InChI is InChI=1S/C18H23ClN6O3S2/c19-13-6-5-12(30(27,28)25-7-3-1-2-4-8-25)9-14(13)22-17(26)11-29-18-23-15(20)10-16(21)24-18/h5-6,9-10H,1-4,7-8,11H2,(H,22,26)(H4,20,21,23,24). The first-order valence-electron chi connectivity index (χ1n) is 9.38. The Labute approximate surface area is 184 Å². The van der Waals surface area contributed by atoms with Crippen LogP contribution in [0.3, 0.4) is 0 Å². The fourth-order valence-corrected chi connectivity index (χ4v) is 5.42. The maximum atomic E-state index is 13.0. The number of amides is 1. The number of anilines is 3. The zero-order valence-corrected chi connectivity index (χ0v) is 18.6. The van der Waals surface area contributed by atoms with E-state index >= 15 is 0 Å². The van der Waals surface area contributed by atoms with Crippen LogP contribution in [0.25, 0.3) is 0 Å². The van der Waals surface area contributed by atoms with E-state index in [9.17, 15) is 13.2 Å². The first kappa shape index (κ1) is 22.6. The van der Waals surface area contributed by atoms with E-state index in [-0.39, 0.29) is 38.2 Å². The van der Waals surface area contributed by atoms with E-state index < -0.39 is 15.9 Å².